The Hall–Kier alpha value is -3.94. The second-order valence-electron chi connectivity index (χ2n) is 10.8. The highest BCUT2D eigenvalue weighted by Crippen LogP contribution is 2.26. The lowest BCUT2D eigenvalue weighted by Crippen LogP contribution is -2.61. The van der Waals surface area contributed by atoms with Gasteiger partial charge in [0.2, 0.25) is 0 Å². The summed E-state index contributed by atoms with van der Waals surface area (Å²) < 4.78 is 20.3. The van der Waals surface area contributed by atoms with Gasteiger partial charge in [-0.15, -0.1) is 0 Å². The first-order valence-electron chi connectivity index (χ1n) is 14.2. The number of hydrogen-bond acceptors (Lipinski definition) is 16. The predicted octanol–water partition coefficient (Wildman–Crippen LogP) is -1.99. The Morgan fingerprint density at radius 1 is 0.543 bits per heavy atom. The first kappa shape index (κ1) is 33.4. The smallest absolute Gasteiger partial charge is 0.336 e. The Bertz CT molecular complexity index is 1620. The van der Waals surface area contributed by atoms with Gasteiger partial charge in [-0.25, -0.2) is 9.59 Å². The topological polar surface area (TPSA) is 265 Å². The van der Waals surface area contributed by atoms with E-state index in [9.17, 15) is 40.2 Å². The number of fused-ring (bicyclic) bond motifs is 2. The van der Waals surface area contributed by atoms with Crippen LogP contribution >= 0.6 is 0 Å². The van der Waals surface area contributed by atoms with E-state index in [0.717, 1.165) is 10.8 Å². The summed E-state index contributed by atoms with van der Waals surface area (Å²) in [5, 5.41) is 85.0. The van der Waals surface area contributed by atoms with Gasteiger partial charge in [-0.3, -0.25) is 0 Å². The molecule has 0 aliphatic carbocycles. The van der Waals surface area contributed by atoms with Crippen LogP contribution < -0.4 is 21.9 Å². The highest BCUT2D eigenvalue weighted by molar-refractivity contribution is 5.81. The third kappa shape index (κ3) is 7.21. The van der Waals surface area contributed by atoms with Crippen molar-refractivity contribution in [2.75, 3.05) is 23.8 Å². The molecular formula is C30H34N2O14. The minimum Gasteiger partial charge on any atom is -0.423 e. The van der Waals surface area contributed by atoms with Gasteiger partial charge in [0.15, 0.2) is 12.6 Å². The summed E-state index contributed by atoms with van der Waals surface area (Å²) in [4.78, 5) is 22.5. The van der Waals surface area contributed by atoms with Crippen molar-refractivity contribution < 1.29 is 59.2 Å². The molecule has 248 valence electrons. The fourth-order valence-corrected chi connectivity index (χ4v) is 5.19. The minimum atomic E-state index is -1.43. The molecule has 4 aromatic rings. The number of anilines is 2. The van der Waals surface area contributed by atoms with Crippen molar-refractivity contribution in [2.45, 2.75) is 61.3 Å². The van der Waals surface area contributed by atoms with E-state index >= 15 is 0 Å². The Labute approximate surface area is 259 Å². The van der Waals surface area contributed by atoms with Crippen LogP contribution in [-0.2, 0) is 9.47 Å². The van der Waals surface area contributed by atoms with Gasteiger partial charge >= 0.3 is 11.3 Å². The molecule has 10 atom stereocenters. The van der Waals surface area contributed by atoms with E-state index in [1.807, 2.05) is 0 Å². The number of rotatable bonds is 6. The zero-order chi connectivity index (χ0) is 33.1. The zero-order valence-corrected chi connectivity index (χ0v) is 24.0. The van der Waals surface area contributed by atoms with E-state index in [1.54, 1.807) is 48.5 Å². The Balaban J connectivity index is 0.000000181. The second-order valence-corrected chi connectivity index (χ2v) is 10.8. The molecule has 2 fully saturated rings. The van der Waals surface area contributed by atoms with Crippen LogP contribution in [0.1, 0.15) is 0 Å². The summed E-state index contributed by atoms with van der Waals surface area (Å²) >= 11 is 0. The lowest BCUT2D eigenvalue weighted by molar-refractivity contribution is -0.245. The van der Waals surface area contributed by atoms with Crippen molar-refractivity contribution in [3.63, 3.8) is 0 Å². The molecule has 2 aliphatic heterocycles. The molecule has 0 radical (unpaired) electrons. The van der Waals surface area contributed by atoms with E-state index in [-0.39, 0.29) is 0 Å². The molecule has 0 bridgehead atoms. The number of nitrogens with one attached hydrogen (secondary N) is 2. The predicted molar refractivity (Wildman–Crippen MR) is 160 cm³/mol. The summed E-state index contributed by atoms with van der Waals surface area (Å²) in [7, 11) is 0. The maximum atomic E-state index is 11.3. The van der Waals surface area contributed by atoms with Crippen molar-refractivity contribution in [1.82, 2.24) is 0 Å². The van der Waals surface area contributed by atoms with Gasteiger partial charge in [0, 0.05) is 46.4 Å². The number of hydrogen-bond donors (Lipinski definition) is 10. The molecule has 5 unspecified atom stereocenters. The van der Waals surface area contributed by atoms with Gasteiger partial charge in [-0.2, -0.15) is 0 Å². The Morgan fingerprint density at radius 2 is 0.913 bits per heavy atom. The van der Waals surface area contributed by atoms with Crippen molar-refractivity contribution >= 4 is 33.3 Å². The van der Waals surface area contributed by atoms with Crippen molar-refractivity contribution in [3.8, 4) is 0 Å². The van der Waals surface area contributed by atoms with Crippen molar-refractivity contribution in [2.24, 2.45) is 0 Å². The molecule has 16 heteroatoms. The number of ether oxygens (including phenoxy) is 2. The van der Waals surface area contributed by atoms with E-state index in [0.29, 0.717) is 22.5 Å². The van der Waals surface area contributed by atoms with Crippen LogP contribution in [0.5, 0.6) is 0 Å². The Morgan fingerprint density at radius 3 is 1.28 bits per heavy atom. The maximum absolute atomic E-state index is 11.3. The van der Waals surface area contributed by atoms with Crippen molar-refractivity contribution in [3.05, 3.63) is 81.5 Å². The van der Waals surface area contributed by atoms with Gasteiger partial charge in [-0.05, 0) is 36.4 Å². The van der Waals surface area contributed by atoms with Crippen LogP contribution in [0.3, 0.4) is 0 Å². The average Bonchev–Trinajstić information content (AvgIpc) is 3.04. The molecule has 10 N–H and O–H groups in total. The molecule has 2 aromatic heterocycles. The largest absolute Gasteiger partial charge is 0.423 e. The van der Waals surface area contributed by atoms with Gasteiger partial charge < -0.3 is 69.8 Å². The van der Waals surface area contributed by atoms with Crippen LogP contribution in [0.25, 0.3) is 21.9 Å². The highest BCUT2D eigenvalue weighted by atomic mass is 16.6. The summed E-state index contributed by atoms with van der Waals surface area (Å²) in [6, 6.07) is 13.7. The standard InChI is InChI=1S/2C15H17NO7/c2*17-6-10-13(19)14(20)12(15(21)23-10)16-8-3-1-7-2-4-11(18)22-9(7)5-8/h2*1-5,10,12-17,19-21H,6H2/t10?,12?,13-,14-,15?;10?,12?,13-,14-,15-/m10/s1. The number of aliphatic hydroxyl groups excluding tert-OH is 8. The SMILES string of the molecule is O=c1ccc2ccc(NC3C(O)OC(CO)[C@@H](O)[C@@H]3O)cc2o1.O=c1ccc2ccc(NC3[C@@H](O)OC(CO)[C@H](O)[C@H]3O)cc2o1. The van der Waals surface area contributed by atoms with Gasteiger partial charge in [0.1, 0.15) is 59.9 Å². The molecule has 6 rings (SSSR count). The van der Waals surface area contributed by atoms with E-state index in [2.05, 4.69) is 10.6 Å². The molecule has 0 saturated carbocycles. The molecule has 16 nitrogen and oxygen atoms in total. The van der Waals surface area contributed by atoms with Gasteiger partial charge in [0.05, 0.1) is 13.2 Å². The third-order valence-electron chi connectivity index (χ3n) is 7.71. The summed E-state index contributed by atoms with van der Waals surface area (Å²) in [6.45, 7) is -1.05. The molecule has 46 heavy (non-hydrogen) atoms. The summed E-state index contributed by atoms with van der Waals surface area (Å²) in [5.74, 6) is 0. The molecule has 2 aromatic carbocycles. The normalized spacial score (nSPS) is 31.2. The third-order valence-corrected chi connectivity index (χ3v) is 7.71. The number of aliphatic hydroxyl groups is 8. The molecule has 0 amide bonds. The van der Waals surface area contributed by atoms with E-state index in [1.165, 1.54) is 12.1 Å². The van der Waals surface area contributed by atoms with Crippen LogP contribution in [0, 0.1) is 0 Å². The second kappa shape index (κ2) is 14.2. The van der Waals surface area contributed by atoms with Gasteiger partial charge in [0.25, 0.3) is 0 Å². The monoisotopic (exact) mass is 646 g/mol. The van der Waals surface area contributed by atoms with E-state index in [4.69, 9.17) is 28.5 Å². The van der Waals surface area contributed by atoms with Crippen LogP contribution in [-0.4, -0.2) is 115 Å². The zero-order valence-electron chi connectivity index (χ0n) is 24.0. The van der Waals surface area contributed by atoms with E-state index < -0.39 is 85.8 Å². The number of benzene rings is 2. The molecular weight excluding hydrogens is 612 g/mol. The molecule has 2 saturated heterocycles. The van der Waals surface area contributed by atoms with Crippen molar-refractivity contribution in [1.29, 1.82) is 0 Å². The highest BCUT2D eigenvalue weighted by Gasteiger charge is 2.44. The first-order valence-corrected chi connectivity index (χ1v) is 14.2. The summed E-state index contributed by atoms with van der Waals surface area (Å²) in [5.41, 5.74) is 0.643. The fraction of sp³-hybridized carbons (Fsp3) is 0.400. The molecule has 0 spiro atoms. The quantitative estimate of drug-likeness (QED) is 0.102. The van der Waals surface area contributed by atoms with Crippen LogP contribution in [0.2, 0.25) is 0 Å². The first-order chi connectivity index (χ1) is 22.0. The summed E-state index contributed by atoms with van der Waals surface area (Å²) in [6.07, 6.45) is -10.4. The lowest BCUT2D eigenvalue weighted by atomic mass is 9.97. The van der Waals surface area contributed by atoms with Crippen LogP contribution in [0.15, 0.2) is 79.1 Å². The molecule has 4 heterocycles. The minimum absolute atomic E-state index is 0.344. The molecule has 2 aliphatic rings. The lowest BCUT2D eigenvalue weighted by Gasteiger charge is -2.40. The maximum Gasteiger partial charge on any atom is 0.336 e. The fourth-order valence-electron chi connectivity index (χ4n) is 5.19. The van der Waals surface area contributed by atoms with Gasteiger partial charge in [-0.1, -0.05) is 0 Å². The van der Waals surface area contributed by atoms with Crippen LogP contribution in [0.4, 0.5) is 11.4 Å². The Kier molecular flexibility index (Phi) is 10.3. The average molecular weight is 647 g/mol.